The molecule has 0 spiro atoms. The second-order valence-corrected chi connectivity index (χ2v) is 6.80. The van der Waals surface area contributed by atoms with Crippen molar-refractivity contribution in [2.75, 3.05) is 13.1 Å². The lowest BCUT2D eigenvalue weighted by Gasteiger charge is -2.20. The van der Waals surface area contributed by atoms with Crippen LogP contribution in [0.1, 0.15) is 56.8 Å². The molecule has 0 radical (unpaired) electrons. The van der Waals surface area contributed by atoms with Gasteiger partial charge in [0.25, 0.3) is 0 Å². The number of ether oxygens (including phenoxy) is 1. The van der Waals surface area contributed by atoms with E-state index in [4.69, 9.17) is 4.74 Å². The third-order valence-corrected chi connectivity index (χ3v) is 3.50. The van der Waals surface area contributed by atoms with Crippen molar-refractivity contribution in [3.63, 3.8) is 0 Å². The summed E-state index contributed by atoms with van der Waals surface area (Å²) in [6.07, 6.45) is 0.517. The topological polar surface area (TPSA) is 50.4 Å². The molecule has 1 amide bonds. The van der Waals surface area contributed by atoms with Crippen LogP contribution in [-0.2, 0) is 4.74 Å². The Labute approximate surface area is 134 Å². The highest BCUT2D eigenvalue weighted by atomic mass is 16.6. The van der Waals surface area contributed by atoms with Crippen LogP contribution >= 0.6 is 0 Å². The van der Waals surface area contributed by atoms with Crippen LogP contribution in [-0.4, -0.2) is 24.8 Å². The summed E-state index contributed by atoms with van der Waals surface area (Å²) in [5.41, 5.74) is 3.48. The van der Waals surface area contributed by atoms with Gasteiger partial charge >= 0.3 is 6.09 Å². The van der Waals surface area contributed by atoms with Gasteiger partial charge in [0.15, 0.2) is 0 Å². The average Bonchev–Trinajstić information content (AvgIpc) is 2.39. The summed E-state index contributed by atoms with van der Waals surface area (Å²) in [7, 11) is 0. The van der Waals surface area contributed by atoms with Gasteiger partial charge in [-0.2, -0.15) is 0 Å². The molecule has 124 valence electrons. The molecule has 22 heavy (non-hydrogen) atoms. The predicted molar refractivity (Wildman–Crippen MR) is 91.2 cm³/mol. The van der Waals surface area contributed by atoms with E-state index in [1.165, 1.54) is 16.7 Å². The summed E-state index contributed by atoms with van der Waals surface area (Å²) in [6.45, 7) is 13.5. The summed E-state index contributed by atoms with van der Waals surface area (Å²) in [5, 5.41) is 6.24. The fourth-order valence-electron chi connectivity index (χ4n) is 2.06. The Morgan fingerprint density at radius 3 is 2.45 bits per heavy atom. The number of rotatable bonds is 6. The zero-order valence-corrected chi connectivity index (χ0v) is 14.7. The molecule has 1 aromatic rings. The molecule has 0 aliphatic rings. The van der Waals surface area contributed by atoms with Gasteiger partial charge in [-0.15, -0.1) is 0 Å². The van der Waals surface area contributed by atoms with Crippen LogP contribution in [0.2, 0.25) is 0 Å². The van der Waals surface area contributed by atoms with Gasteiger partial charge in [0.1, 0.15) is 5.60 Å². The maximum atomic E-state index is 11.5. The van der Waals surface area contributed by atoms with Gasteiger partial charge in [-0.3, -0.25) is 0 Å². The Hall–Kier alpha value is -1.55. The molecule has 0 aliphatic heterocycles. The maximum Gasteiger partial charge on any atom is 0.407 e. The van der Waals surface area contributed by atoms with Gasteiger partial charge in [0.05, 0.1) is 0 Å². The molecule has 0 saturated carbocycles. The van der Waals surface area contributed by atoms with Crippen LogP contribution in [0.15, 0.2) is 18.2 Å². The lowest BCUT2D eigenvalue weighted by molar-refractivity contribution is 0.0527. The summed E-state index contributed by atoms with van der Waals surface area (Å²) in [4.78, 5) is 11.5. The predicted octanol–water partition coefficient (Wildman–Crippen LogP) is 3.87. The van der Waals surface area contributed by atoms with Crippen molar-refractivity contribution in [3.05, 3.63) is 34.9 Å². The number of hydrogen-bond donors (Lipinski definition) is 2. The van der Waals surface area contributed by atoms with Gasteiger partial charge in [-0.25, -0.2) is 4.79 Å². The fourth-order valence-corrected chi connectivity index (χ4v) is 2.06. The van der Waals surface area contributed by atoms with Crippen molar-refractivity contribution >= 4 is 6.09 Å². The van der Waals surface area contributed by atoms with E-state index in [2.05, 4.69) is 49.6 Å². The maximum absolute atomic E-state index is 11.5. The molecular weight excluding hydrogens is 276 g/mol. The Balaban J connectivity index is 2.24. The van der Waals surface area contributed by atoms with Crippen molar-refractivity contribution in [2.45, 2.75) is 59.6 Å². The minimum absolute atomic E-state index is 0.306. The van der Waals surface area contributed by atoms with Crippen LogP contribution in [0.3, 0.4) is 0 Å². The van der Waals surface area contributed by atoms with Gasteiger partial charge in [0.2, 0.25) is 0 Å². The molecule has 0 bridgehead atoms. The molecule has 2 N–H and O–H groups in total. The standard InChI is InChI=1S/C18H30N2O2/c1-13-8-9-16(12-14(13)2)15(3)19-10-7-11-20-17(21)22-18(4,5)6/h8-9,12,15,19H,7,10-11H2,1-6H3,(H,20,21). The lowest BCUT2D eigenvalue weighted by atomic mass is 10.0. The van der Waals surface area contributed by atoms with Crippen LogP contribution < -0.4 is 10.6 Å². The summed E-state index contributed by atoms with van der Waals surface area (Å²) < 4.78 is 5.19. The van der Waals surface area contributed by atoms with E-state index >= 15 is 0 Å². The van der Waals surface area contributed by atoms with Crippen LogP contribution in [0.4, 0.5) is 4.79 Å². The van der Waals surface area contributed by atoms with Crippen LogP contribution in [0, 0.1) is 13.8 Å². The summed E-state index contributed by atoms with van der Waals surface area (Å²) >= 11 is 0. The number of alkyl carbamates (subject to hydrolysis) is 1. The molecule has 0 heterocycles. The Kier molecular flexibility index (Phi) is 6.88. The summed E-state index contributed by atoms with van der Waals surface area (Å²) in [5.74, 6) is 0. The number of aryl methyl sites for hydroxylation is 2. The minimum Gasteiger partial charge on any atom is -0.444 e. The zero-order valence-electron chi connectivity index (χ0n) is 14.7. The number of hydrogen-bond acceptors (Lipinski definition) is 3. The number of amides is 1. The normalized spacial score (nSPS) is 12.8. The first-order valence-electron chi connectivity index (χ1n) is 7.96. The highest BCUT2D eigenvalue weighted by molar-refractivity contribution is 5.67. The van der Waals surface area contributed by atoms with Crippen molar-refractivity contribution in [1.82, 2.24) is 10.6 Å². The molecule has 0 aromatic heterocycles. The third kappa shape index (κ3) is 6.94. The minimum atomic E-state index is -0.444. The Morgan fingerprint density at radius 2 is 1.86 bits per heavy atom. The second kappa shape index (κ2) is 8.18. The SMILES string of the molecule is Cc1ccc(C(C)NCCCNC(=O)OC(C)(C)C)cc1C. The van der Waals surface area contributed by atoms with E-state index in [0.29, 0.717) is 12.6 Å². The molecular formula is C18H30N2O2. The molecule has 0 fully saturated rings. The largest absolute Gasteiger partial charge is 0.444 e. The van der Waals surface area contributed by atoms with Gasteiger partial charge in [-0.1, -0.05) is 18.2 Å². The quantitative estimate of drug-likeness (QED) is 0.784. The highest BCUT2D eigenvalue weighted by Gasteiger charge is 2.15. The molecule has 0 saturated heterocycles. The van der Waals surface area contributed by atoms with Crippen LogP contribution in [0.5, 0.6) is 0 Å². The molecule has 1 rings (SSSR count). The number of nitrogens with one attached hydrogen (secondary N) is 2. The summed E-state index contributed by atoms with van der Waals surface area (Å²) in [6, 6.07) is 6.86. The van der Waals surface area contributed by atoms with Gasteiger partial charge in [-0.05, 0) is 71.2 Å². The van der Waals surface area contributed by atoms with E-state index in [9.17, 15) is 4.79 Å². The van der Waals surface area contributed by atoms with E-state index in [0.717, 1.165) is 13.0 Å². The van der Waals surface area contributed by atoms with Crippen LogP contribution in [0.25, 0.3) is 0 Å². The Bertz CT molecular complexity index is 492. The van der Waals surface area contributed by atoms with Crippen molar-refractivity contribution in [1.29, 1.82) is 0 Å². The van der Waals surface area contributed by atoms with Crippen molar-refractivity contribution < 1.29 is 9.53 Å². The first kappa shape index (κ1) is 18.5. The van der Waals surface area contributed by atoms with Gasteiger partial charge < -0.3 is 15.4 Å². The molecule has 1 aromatic carbocycles. The first-order valence-corrected chi connectivity index (χ1v) is 7.96. The van der Waals surface area contributed by atoms with E-state index < -0.39 is 5.60 Å². The third-order valence-electron chi connectivity index (χ3n) is 3.50. The first-order chi connectivity index (χ1) is 10.2. The van der Waals surface area contributed by atoms with E-state index in [1.54, 1.807) is 0 Å². The Morgan fingerprint density at radius 1 is 1.18 bits per heavy atom. The van der Waals surface area contributed by atoms with Crippen molar-refractivity contribution in [3.8, 4) is 0 Å². The van der Waals surface area contributed by atoms with E-state index in [1.807, 2.05) is 20.8 Å². The van der Waals surface area contributed by atoms with Crippen molar-refractivity contribution in [2.24, 2.45) is 0 Å². The zero-order chi connectivity index (χ0) is 16.8. The smallest absolute Gasteiger partial charge is 0.407 e. The molecule has 4 nitrogen and oxygen atoms in total. The number of carbonyl (C=O) groups excluding carboxylic acids is 1. The lowest BCUT2D eigenvalue weighted by Crippen LogP contribution is -2.34. The molecule has 1 unspecified atom stereocenters. The monoisotopic (exact) mass is 306 g/mol. The fraction of sp³-hybridized carbons (Fsp3) is 0.611. The number of benzene rings is 1. The second-order valence-electron chi connectivity index (χ2n) is 6.80. The molecule has 0 aliphatic carbocycles. The van der Waals surface area contributed by atoms with Gasteiger partial charge in [0, 0.05) is 12.6 Å². The molecule has 4 heteroatoms. The average molecular weight is 306 g/mol. The van der Waals surface area contributed by atoms with E-state index in [-0.39, 0.29) is 6.09 Å². The molecule has 1 atom stereocenters. The number of carbonyl (C=O) groups is 1. The highest BCUT2D eigenvalue weighted by Crippen LogP contribution is 2.16.